The van der Waals surface area contributed by atoms with Gasteiger partial charge in [-0.05, 0) is 39.6 Å². The van der Waals surface area contributed by atoms with E-state index in [1.165, 1.54) is 30.1 Å². The maximum atomic E-state index is 12.9. The van der Waals surface area contributed by atoms with Crippen LogP contribution in [-0.2, 0) is 4.79 Å². The van der Waals surface area contributed by atoms with Crippen LogP contribution < -0.4 is 5.43 Å². The average Bonchev–Trinajstić information content (AvgIpc) is 3.22. The van der Waals surface area contributed by atoms with E-state index in [4.69, 9.17) is 0 Å². The van der Waals surface area contributed by atoms with Crippen LogP contribution in [0.25, 0.3) is 16.5 Å². The topological polar surface area (TPSA) is 85.1 Å². The number of hydrogen-bond donors (Lipinski definition) is 1. The van der Waals surface area contributed by atoms with E-state index in [1.54, 1.807) is 16.8 Å². The van der Waals surface area contributed by atoms with Crippen molar-refractivity contribution in [3.05, 3.63) is 78.1 Å². The second kappa shape index (κ2) is 8.61. The summed E-state index contributed by atoms with van der Waals surface area (Å²) >= 11 is 1.20. The number of rotatable bonds is 6. The normalized spacial score (nSPS) is 11.2. The third-order valence-corrected chi connectivity index (χ3v) is 4.96. The minimum atomic E-state index is -0.327. The molecule has 9 heteroatoms. The lowest BCUT2D eigenvalue weighted by atomic mass is 10.1. The summed E-state index contributed by atoms with van der Waals surface area (Å²) < 4.78 is 14.5. The van der Waals surface area contributed by atoms with Gasteiger partial charge in [0, 0.05) is 5.39 Å². The summed E-state index contributed by atoms with van der Waals surface area (Å²) in [5, 5.41) is 18.3. The molecular weight excluding hydrogens is 391 g/mol. The van der Waals surface area contributed by atoms with Crippen LogP contribution in [0.4, 0.5) is 4.39 Å². The molecule has 29 heavy (non-hydrogen) atoms. The number of hydrazone groups is 1. The van der Waals surface area contributed by atoms with Crippen LogP contribution in [0.1, 0.15) is 5.56 Å². The van der Waals surface area contributed by atoms with Gasteiger partial charge >= 0.3 is 0 Å². The zero-order chi connectivity index (χ0) is 20.1. The summed E-state index contributed by atoms with van der Waals surface area (Å²) in [5.41, 5.74) is 3.95. The highest BCUT2D eigenvalue weighted by Gasteiger charge is 2.13. The van der Waals surface area contributed by atoms with E-state index < -0.39 is 0 Å². The molecule has 0 fully saturated rings. The average molecular weight is 406 g/mol. The molecule has 0 spiro atoms. The van der Waals surface area contributed by atoms with Crippen molar-refractivity contribution in [1.29, 1.82) is 0 Å². The van der Waals surface area contributed by atoms with Gasteiger partial charge in [-0.15, -0.1) is 5.10 Å². The van der Waals surface area contributed by atoms with Gasteiger partial charge in [-0.1, -0.05) is 60.3 Å². The van der Waals surface area contributed by atoms with Gasteiger partial charge in [-0.2, -0.15) is 9.78 Å². The Labute approximate surface area is 169 Å². The minimum Gasteiger partial charge on any atom is -0.272 e. The Morgan fingerprint density at radius 3 is 2.76 bits per heavy atom. The predicted molar refractivity (Wildman–Crippen MR) is 110 cm³/mol. The molecule has 1 amide bonds. The molecule has 4 rings (SSSR count). The Balaban J connectivity index is 1.41. The van der Waals surface area contributed by atoms with Gasteiger partial charge in [0.05, 0.1) is 17.7 Å². The molecule has 1 aromatic heterocycles. The smallest absolute Gasteiger partial charge is 0.250 e. The fourth-order valence-electron chi connectivity index (χ4n) is 2.70. The molecule has 0 saturated heterocycles. The SMILES string of the molecule is O=C(CSc1nnnn1-c1cccc2ccccc12)N/N=C/c1ccc(F)cc1. The summed E-state index contributed by atoms with van der Waals surface area (Å²) in [4.78, 5) is 12.1. The third kappa shape index (κ3) is 4.46. The number of thioether (sulfide) groups is 1. The number of aromatic nitrogens is 4. The molecule has 1 N–H and O–H groups in total. The lowest BCUT2D eigenvalue weighted by Gasteiger charge is -2.07. The van der Waals surface area contributed by atoms with Crippen LogP contribution in [0.5, 0.6) is 0 Å². The second-order valence-electron chi connectivity index (χ2n) is 6.00. The number of carbonyl (C=O) groups is 1. The number of amides is 1. The van der Waals surface area contributed by atoms with Gasteiger partial charge in [0.15, 0.2) is 0 Å². The summed E-state index contributed by atoms with van der Waals surface area (Å²) in [5.74, 6) is -0.543. The first-order valence-corrected chi connectivity index (χ1v) is 9.66. The predicted octanol–water partition coefficient (Wildman–Crippen LogP) is 3.20. The van der Waals surface area contributed by atoms with E-state index in [2.05, 4.69) is 26.1 Å². The molecule has 0 aliphatic rings. The number of fused-ring (bicyclic) bond motifs is 1. The molecule has 0 saturated carbocycles. The van der Waals surface area contributed by atoms with Crippen molar-refractivity contribution < 1.29 is 9.18 Å². The lowest BCUT2D eigenvalue weighted by molar-refractivity contribution is -0.118. The molecule has 0 unspecified atom stereocenters. The molecule has 0 aliphatic heterocycles. The fraction of sp³-hybridized carbons (Fsp3) is 0.0500. The molecule has 144 valence electrons. The van der Waals surface area contributed by atoms with Crippen LogP contribution in [0.15, 0.2) is 77.0 Å². The van der Waals surface area contributed by atoms with Crippen molar-refractivity contribution in [2.75, 3.05) is 5.75 Å². The first-order chi connectivity index (χ1) is 14.2. The maximum absolute atomic E-state index is 12.9. The highest BCUT2D eigenvalue weighted by atomic mass is 32.2. The van der Waals surface area contributed by atoms with Gasteiger partial charge in [0.25, 0.3) is 5.91 Å². The molecule has 1 heterocycles. The molecule has 0 radical (unpaired) electrons. The largest absolute Gasteiger partial charge is 0.272 e. The molecule has 7 nitrogen and oxygen atoms in total. The van der Waals surface area contributed by atoms with Crippen LogP contribution in [-0.4, -0.2) is 38.1 Å². The van der Waals surface area contributed by atoms with Crippen LogP contribution in [0.3, 0.4) is 0 Å². The van der Waals surface area contributed by atoms with Crippen molar-refractivity contribution in [1.82, 2.24) is 25.6 Å². The number of nitrogens with zero attached hydrogens (tertiary/aromatic N) is 5. The van der Waals surface area contributed by atoms with E-state index in [0.717, 1.165) is 16.5 Å². The Morgan fingerprint density at radius 2 is 1.90 bits per heavy atom. The maximum Gasteiger partial charge on any atom is 0.250 e. The van der Waals surface area contributed by atoms with Gasteiger partial charge in [0.1, 0.15) is 5.82 Å². The van der Waals surface area contributed by atoms with E-state index >= 15 is 0 Å². The van der Waals surface area contributed by atoms with Gasteiger partial charge < -0.3 is 0 Å². The first kappa shape index (κ1) is 18.8. The number of carbonyl (C=O) groups excluding carboxylic acids is 1. The first-order valence-electron chi connectivity index (χ1n) is 8.67. The molecule has 4 aromatic rings. The zero-order valence-electron chi connectivity index (χ0n) is 15.1. The molecule has 0 aliphatic carbocycles. The second-order valence-corrected chi connectivity index (χ2v) is 6.95. The summed E-state index contributed by atoms with van der Waals surface area (Å²) in [7, 11) is 0. The number of tetrazole rings is 1. The van der Waals surface area contributed by atoms with E-state index in [9.17, 15) is 9.18 Å². The highest BCUT2D eigenvalue weighted by Crippen LogP contribution is 2.25. The minimum absolute atomic E-state index is 0.0892. The number of halogens is 1. The van der Waals surface area contributed by atoms with Crippen molar-refractivity contribution >= 4 is 34.7 Å². The fourth-order valence-corrected chi connectivity index (χ4v) is 3.38. The van der Waals surface area contributed by atoms with E-state index in [0.29, 0.717) is 10.7 Å². The Hall–Kier alpha value is -3.59. The molecular formula is C20H15FN6OS. The van der Waals surface area contributed by atoms with Crippen LogP contribution in [0, 0.1) is 5.82 Å². The molecule has 3 aromatic carbocycles. The van der Waals surface area contributed by atoms with Gasteiger partial charge in [-0.3, -0.25) is 4.79 Å². The highest BCUT2D eigenvalue weighted by molar-refractivity contribution is 7.99. The number of benzene rings is 3. The van der Waals surface area contributed by atoms with Crippen molar-refractivity contribution in [3.63, 3.8) is 0 Å². The summed E-state index contributed by atoms with van der Waals surface area (Å²) in [6, 6.07) is 19.6. The summed E-state index contributed by atoms with van der Waals surface area (Å²) in [6.45, 7) is 0. The zero-order valence-corrected chi connectivity index (χ0v) is 15.9. The monoisotopic (exact) mass is 406 g/mol. The van der Waals surface area contributed by atoms with Gasteiger partial charge in [0.2, 0.25) is 5.16 Å². The van der Waals surface area contributed by atoms with Gasteiger partial charge in [-0.25, -0.2) is 9.82 Å². The van der Waals surface area contributed by atoms with E-state index in [1.807, 2.05) is 42.5 Å². The van der Waals surface area contributed by atoms with Crippen LogP contribution >= 0.6 is 11.8 Å². The third-order valence-electron chi connectivity index (χ3n) is 4.04. The summed E-state index contributed by atoms with van der Waals surface area (Å²) in [6.07, 6.45) is 1.45. The quantitative estimate of drug-likeness (QED) is 0.302. The lowest BCUT2D eigenvalue weighted by Crippen LogP contribution is -2.20. The van der Waals surface area contributed by atoms with E-state index in [-0.39, 0.29) is 17.5 Å². The number of hydrogen-bond acceptors (Lipinski definition) is 6. The van der Waals surface area contributed by atoms with Crippen molar-refractivity contribution in [2.45, 2.75) is 5.16 Å². The number of nitrogens with one attached hydrogen (secondary N) is 1. The molecule has 0 atom stereocenters. The van der Waals surface area contributed by atoms with Crippen molar-refractivity contribution in [3.8, 4) is 5.69 Å². The Kier molecular flexibility index (Phi) is 5.57. The standard InChI is InChI=1S/C20H15FN6OS/c21-16-10-8-14(9-11-16)12-22-23-19(28)13-29-20-24-25-26-27(20)18-7-3-5-15-4-1-2-6-17(15)18/h1-12H,13H2,(H,23,28)/b22-12+. The Morgan fingerprint density at radius 1 is 1.10 bits per heavy atom. The molecule has 0 bridgehead atoms. The van der Waals surface area contributed by atoms with Crippen LogP contribution in [0.2, 0.25) is 0 Å². The Bertz CT molecular complexity index is 1170. The van der Waals surface area contributed by atoms with Crippen molar-refractivity contribution in [2.24, 2.45) is 5.10 Å².